The van der Waals surface area contributed by atoms with Crippen LogP contribution in [0.25, 0.3) is 0 Å². The zero-order chi connectivity index (χ0) is 12.9. The van der Waals surface area contributed by atoms with Crippen LogP contribution in [-0.4, -0.2) is 36.1 Å². The van der Waals surface area contributed by atoms with E-state index in [4.69, 9.17) is 0 Å². The van der Waals surface area contributed by atoms with Gasteiger partial charge < -0.3 is 10.2 Å². The lowest BCUT2D eigenvalue weighted by atomic mass is 10.1. The lowest BCUT2D eigenvalue weighted by Crippen LogP contribution is -2.27. The van der Waals surface area contributed by atoms with Gasteiger partial charge in [-0.1, -0.05) is 6.07 Å². The van der Waals surface area contributed by atoms with E-state index in [1.165, 1.54) is 0 Å². The third-order valence-corrected chi connectivity index (χ3v) is 2.85. The molecule has 1 heterocycles. The number of hydrogen-bond acceptors (Lipinski definition) is 4. The second-order valence-corrected chi connectivity index (χ2v) is 6.16. The zero-order valence-electron chi connectivity index (χ0n) is 11.4. The number of rotatable bonds is 5. The van der Waals surface area contributed by atoms with Crippen molar-refractivity contribution in [2.45, 2.75) is 26.3 Å². The molecule has 0 saturated heterocycles. The summed E-state index contributed by atoms with van der Waals surface area (Å²) in [6, 6.07) is 6.11. The predicted octanol–water partition coefficient (Wildman–Crippen LogP) is 3.09. The molecule has 0 aliphatic carbocycles. The standard InChI is InChI=1S/C13H23N3S/c1-13(2,3)15-11-7-6-8-12(14-11)16(4)9-10-17-5/h6-8H,9-10H2,1-5H3,(H,14,15). The first kappa shape index (κ1) is 14.2. The van der Waals surface area contributed by atoms with Crippen molar-refractivity contribution in [2.24, 2.45) is 0 Å². The van der Waals surface area contributed by atoms with Crippen molar-refractivity contribution in [3.8, 4) is 0 Å². The lowest BCUT2D eigenvalue weighted by Gasteiger charge is -2.23. The molecular formula is C13H23N3S. The minimum Gasteiger partial charge on any atom is -0.365 e. The molecule has 1 rings (SSSR count). The van der Waals surface area contributed by atoms with Crippen LogP contribution in [0, 0.1) is 0 Å². The molecule has 3 nitrogen and oxygen atoms in total. The maximum absolute atomic E-state index is 4.62. The van der Waals surface area contributed by atoms with Crippen molar-refractivity contribution in [1.29, 1.82) is 0 Å². The zero-order valence-corrected chi connectivity index (χ0v) is 12.3. The molecule has 96 valence electrons. The first-order valence-corrected chi connectivity index (χ1v) is 7.27. The van der Waals surface area contributed by atoms with Gasteiger partial charge in [0, 0.05) is 24.9 Å². The van der Waals surface area contributed by atoms with Crippen molar-refractivity contribution in [1.82, 2.24) is 4.98 Å². The number of thioether (sulfide) groups is 1. The minimum absolute atomic E-state index is 0.0451. The molecule has 0 radical (unpaired) electrons. The van der Waals surface area contributed by atoms with Gasteiger partial charge in [-0.3, -0.25) is 0 Å². The Morgan fingerprint density at radius 2 is 2.06 bits per heavy atom. The molecule has 17 heavy (non-hydrogen) atoms. The van der Waals surface area contributed by atoms with Gasteiger partial charge in [0.15, 0.2) is 0 Å². The highest BCUT2D eigenvalue weighted by Crippen LogP contribution is 2.16. The summed E-state index contributed by atoms with van der Waals surface area (Å²) in [5, 5.41) is 3.39. The van der Waals surface area contributed by atoms with Gasteiger partial charge in [-0.05, 0) is 39.2 Å². The van der Waals surface area contributed by atoms with Gasteiger partial charge in [0.1, 0.15) is 11.6 Å². The summed E-state index contributed by atoms with van der Waals surface area (Å²) in [4.78, 5) is 6.80. The molecule has 0 aliphatic heterocycles. The average molecular weight is 253 g/mol. The molecule has 0 unspecified atom stereocenters. The van der Waals surface area contributed by atoms with E-state index >= 15 is 0 Å². The molecule has 0 bridgehead atoms. The highest BCUT2D eigenvalue weighted by atomic mass is 32.2. The third-order valence-electron chi connectivity index (χ3n) is 2.26. The topological polar surface area (TPSA) is 28.2 Å². The van der Waals surface area contributed by atoms with E-state index in [0.29, 0.717) is 0 Å². The fourth-order valence-electron chi connectivity index (χ4n) is 1.43. The fourth-order valence-corrected chi connectivity index (χ4v) is 1.89. The normalized spacial score (nSPS) is 11.4. The van der Waals surface area contributed by atoms with Crippen LogP contribution in [0.15, 0.2) is 18.2 Å². The Balaban J connectivity index is 2.71. The van der Waals surface area contributed by atoms with Gasteiger partial charge in [-0.15, -0.1) is 0 Å². The molecule has 1 N–H and O–H groups in total. The van der Waals surface area contributed by atoms with E-state index < -0.39 is 0 Å². The van der Waals surface area contributed by atoms with Crippen LogP contribution in [-0.2, 0) is 0 Å². The van der Waals surface area contributed by atoms with E-state index in [-0.39, 0.29) is 5.54 Å². The summed E-state index contributed by atoms with van der Waals surface area (Å²) >= 11 is 1.85. The van der Waals surface area contributed by atoms with Crippen LogP contribution in [0.5, 0.6) is 0 Å². The maximum Gasteiger partial charge on any atom is 0.130 e. The molecule has 0 aliphatic rings. The van der Waals surface area contributed by atoms with E-state index in [9.17, 15) is 0 Å². The van der Waals surface area contributed by atoms with Crippen molar-refractivity contribution in [3.05, 3.63) is 18.2 Å². The van der Waals surface area contributed by atoms with E-state index in [0.717, 1.165) is 23.9 Å². The van der Waals surface area contributed by atoms with Crippen molar-refractivity contribution in [2.75, 3.05) is 35.8 Å². The molecule has 4 heteroatoms. The van der Waals surface area contributed by atoms with Crippen LogP contribution in [0.4, 0.5) is 11.6 Å². The summed E-state index contributed by atoms with van der Waals surface area (Å²) in [6.45, 7) is 7.43. The van der Waals surface area contributed by atoms with E-state index in [1.54, 1.807) is 0 Å². The molecule has 0 atom stereocenters. The van der Waals surface area contributed by atoms with E-state index in [1.807, 2.05) is 30.0 Å². The molecule has 0 fully saturated rings. The molecule has 0 amide bonds. The van der Waals surface area contributed by atoms with Gasteiger partial charge in [0.05, 0.1) is 0 Å². The summed E-state index contributed by atoms with van der Waals surface area (Å²) in [6.07, 6.45) is 2.12. The van der Waals surface area contributed by atoms with Gasteiger partial charge >= 0.3 is 0 Å². The SMILES string of the molecule is CSCCN(C)c1cccc(NC(C)(C)C)n1. The predicted molar refractivity (Wildman–Crippen MR) is 79.3 cm³/mol. The fraction of sp³-hybridized carbons (Fsp3) is 0.615. The van der Waals surface area contributed by atoms with Crippen LogP contribution in [0.1, 0.15) is 20.8 Å². The van der Waals surface area contributed by atoms with Crippen LogP contribution >= 0.6 is 11.8 Å². The molecule has 0 spiro atoms. The Morgan fingerprint density at radius 3 is 2.65 bits per heavy atom. The van der Waals surface area contributed by atoms with Crippen molar-refractivity contribution < 1.29 is 0 Å². The highest BCUT2D eigenvalue weighted by molar-refractivity contribution is 7.98. The molecular weight excluding hydrogens is 230 g/mol. The second kappa shape index (κ2) is 6.15. The smallest absolute Gasteiger partial charge is 0.130 e. The summed E-state index contributed by atoms with van der Waals surface area (Å²) in [5.74, 6) is 3.08. The highest BCUT2D eigenvalue weighted by Gasteiger charge is 2.10. The summed E-state index contributed by atoms with van der Waals surface area (Å²) in [5.41, 5.74) is 0.0451. The van der Waals surface area contributed by atoms with Gasteiger partial charge in [0.25, 0.3) is 0 Å². The minimum atomic E-state index is 0.0451. The third kappa shape index (κ3) is 5.31. The van der Waals surface area contributed by atoms with Gasteiger partial charge in [-0.25, -0.2) is 4.98 Å². The Labute approximate surface area is 109 Å². The largest absolute Gasteiger partial charge is 0.365 e. The van der Waals surface area contributed by atoms with Gasteiger partial charge in [0.2, 0.25) is 0 Å². The first-order chi connectivity index (χ1) is 7.92. The van der Waals surface area contributed by atoms with Crippen molar-refractivity contribution in [3.63, 3.8) is 0 Å². The number of hydrogen-bond donors (Lipinski definition) is 1. The second-order valence-electron chi connectivity index (χ2n) is 5.17. The van der Waals surface area contributed by atoms with Crippen LogP contribution < -0.4 is 10.2 Å². The number of aromatic nitrogens is 1. The van der Waals surface area contributed by atoms with Crippen LogP contribution in [0.2, 0.25) is 0 Å². The Kier molecular flexibility index (Phi) is 5.12. The number of anilines is 2. The average Bonchev–Trinajstić information content (AvgIpc) is 2.24. The molecule has 1 aromatic heterocycles. The first-order valence-electron chi connectivity index (χ1n) is 5.88. The quantitative estimate of drug-likeness (QED) is 0.873. The maximum atomic E-state index is 4.62. The Bertz CT molecular complexity index is 347. The molecule has 0 saturated carbocycles. The van der Waals surface area contributed by atoms with Gasteiger partial charge in [-0.2, -0.15) is 11.8 Å². The molecule has 1 aromatic rings. The van der Waals surface area contributed by atoms with Crippen LogP contribution in [0.3, 0.4) is 0 Å². The summed E-state index contributed by atoms with van der Waals surface area (Å²) < 4.78 is 0. The number of nitrogens with zero attached hydrogens (tertiary/aromatic N) is 2. The monoisotopic (exact) mass is 253 g/mol. The summed E-state index contributed by atoms with van der Waals surface area (Å²) in [7, 11) is 2.08. The Hall–Kier alpha value is -0.900. The number of pyridine rings is 1. The Morgan fingerprint density at radius 1 is 1.35 bits per heavy atom. The van der Waals surface area contributed by atoms with E-state index in [2.05, 4.69) is 49.3 Å². The molecule has 0 aromatic carbocycles. The number of nitrogens with one attached hydrogen (secondary N) is 1. The lowest BCUT2D eigenvalue weighted by molar-refractivity contribution is 0.630. The van der Waals surface area contributed by atoms with Crippen molar-refractivity contribution >= 4 is 23.4 Å².